The molecule has 1 aliphatic heterocycles. The van der Waals surface area contributed by atoms with E-state index >= 15 is 0 Å². The third-order valence-electron chi connectivity index (χ3n) is 3.89. The summed E-state index contributed by atoms with van der Waals surface area (Å²) in [4.78, 5) is 15.3. The van der Waals surface area contributed by atoms with E-state index in [1.807, 2.05) is 4.90 Å². The van der Waals surface area contributed by atoms with Crippen molar-refractivity contribution >= 4 is 30.1 Å². The Kier molecular flexibility index (Phi) is 7.23. The summed E-state index contributed by atoms with van der Waals surface area (Å²) in [5.41, 5.74) is 7.42. The zero-order chi connectivity index (χ0) is 15.5. The van der Waals surface area contributed by atoms with Crippen LogP contribution in [0.4, 0.5) is 0 Å². The average molecular weight is 343 g/mol. The number of carbonyl (C=O) groups excluding carboxylic acids is 1. The minimum Gasteiger partial charge on any atom is -0.340 e. The van der Waals surface area contributed by atoms with E-state index in [2.05, 4.69) is 45.0 Å². The van der Waals surface area contributed by atoms with E-state index in [9.17, 15) is 4.79 Å². The molecule has 124 valence electrons. The van der Waals surface area contributed by atoms with E-state index in [0.29, 0.717) is 12.3 Å². The van der Waals surface area contributed by atoms with Crippen molar-refractivity contribution < 1.29 is 4.79 Å². The van der Waals surface area contributed by atoms with Crippen molar-refractivity contribution in [1.82, 2.24) is 4.90 Å². The van der Waals surface area contributed by atoms with Gasteiger partial charge in [0.2, 0.25) is 5.91 Å². The van der Waals surface area contributed by atoms with Crippen molar-refractivity contribution in [3.63, 3.8) is 0 Å². The first-order valence-corrected chi connectivity index (χ1v) is 8.61. The number of thioether (sulfide) groups is 1. The summed E-state index contributed by atoms with van der Waals surface area (Å²) in [5.74, 6) is 0.705. The number of benzene rings is 1. The molecule has 1 unspecified atom stereocenters. The second kappa shape index (κ2) is 8.23. The Labute approximate surface area is 144 Å². The second-order valence-corrected chi connectivity index (χ2v) is 7.85. The number of amides is 1. The van der Waals surface area contributed by atoms with Crippen LogP contribution in [-0.4, -0.2) is 35.7 Å². The maximum absolute atomic E-state index is 12.2. The highest BCUT2D eigenvalue weighted by atomic mass is 35.5. The summed E-state index contributed by atoms with van der Waals surface area (Å²) < 4.78 is 0. The van der Waals surface area contributed by atoms with Gasteiger partial charge in [0.15, 0.2) is 0 Å². The Morgan fingerprint density at radius 3 is 2.50 bits per heavy atom. The van der Waals surface area contributed by atoms with Gasteiger partial charge in [0.05, 0.1) is 5.75 Å². The fourth-order valence-corrected chi connectivity index (χ4v) is 3.33. The third-order valence-corrected chi connectivity index (χ3v) is 4.89. The molecule has 0 aromatic heterocycles. The number of likely N-dealkylation sites (tertiary alicyclic amines) is 1. The smallest absolute Gasteiger partial charge is 0.232 e. The first kappa shape index (κ1) is 19.3. The van der Waals surface area contributed by atoms with Crippen LogP contribution in [0.15, 0.2) is 29.2 Å². The first-order valence-electron chi connectivity index (χ1n) is 7.63. The molecule has 1 heterocycles. The summed E-state index contributed by atoms with van der Waals surface area (Å²) in [5, 5.41) is 0. The molecule has 3 nitrogen and oxygen atoms in total. The molecule has 2 rings (SSSR count). The standard InChI is InChI=1S/C17H26N2OS.ClH/c1-17(2,3)13-6-8-15(9-7-13)21-12-16(20)19-10-4-5-14(18)11-19;/h6-9,14H,4-5,10-12,18H2,1-3H3;1H. The minimum absolute atomic E-state index is 0. The lowest BCUT2D eigenvalue weighted by molar-refractivity contribution is -0.129. The highest BCUT2D eigenvalue weighted by molar-refractivity contribution is 8.00. The number of hydrogen-bond donors (Lipinski definition) is 1. The normalized spacial score (nSPS) is 18.7. The molecular weight excluding hydrogens is 316 g/mol. The van der Waals surface area contributed by atoms with Crippen LogP contribution in [0.3, 0.4) is 0 Å². The fraction of sp³-hybridized carbons (Fsp3) is 0.588. The zero-order valence-corrected chi connectivity index (χ0v) is 15.3. The molecule has 1 atom stereocenters. The topological polar surface area (TPSA) is 46.3 Å². The van der Waals surface area contributed by atoms with Gasteiger partial charge in [-0.15, -0.1) is 24.2 Å². The van der Waals surface area contributed by atoms with Gasteiger partial charge in [-0.05, 0) is 36.0 Å². The van der Waals surface area contributed by atoms with Crippen LogP contribution in [0, 0.1) is 0 Å². The van der Waals surface area contributed by atoms with Crippen LogP contribution in [0.25, 0.3) is 0 Å². The monoisotopic (exact) mass is 342 g/mol. The van der Waals surface area contributed by atoms with Crippen molar-refractivity contribution in [3.8, 4) is 0 Å². The van der Waals surface area contributed by atoms with E-state index in [1.165, 1.54) is 5.56 Å². The predicted octanol–water partition coefficient (Wildman–Crippen LogP) is 3.45. The van der Waals surface area contributed by atoms with Crippen LogP contribution in [-0.2, 0) is 10.2 Å². The van der Waals surface area contributed by atoms with Gasteiger partial charge in [-0.1, -0.05) is 32.9 Å². The van der Waals surface area contributed by atoms with E-state index in [-0.39, 0.29) is 29.8 Å². The van der Waals surface area contributed by atoms with Gasteiger partial charge in [-0.2, -0.15) is 0 Å². The quantitative estimate of drug-likeness (QED) is 0.856. The Bertz CT molecular complexity index is 484. The third kappa shape index (κ3) is 5.49. The molecule has 1 aliphatic rings. The van der Waals surface area contributed by atoms with Gasteiger partial charge in [-0.3, -0.25) is 4.79 Å². The van der Waals surface area contributed by atoms with Crippen molar-refractivity contribution in [2.75, 3.05) is 18.8 Å². The average Bonchev–Trinajstić information content (AvgIpc) is 2.44. The number of carbonyl (C=O) groups is 1. The van der Waals surface area contributed by atoms with Crippen molar-refractivity contribution in [2.45, 2.75) is 50.0 Å². The van der Waals surface area contributed by atoms with Crippen LogP contribution in [0.2, 0.25) is 0 Å². The van der Waals surface area contributed by atoms with Gasteiger partial charge >= 0.3 is 0 Å². The van der Waals surface area contributed by atoms with Gasteiger partial charge < -0.3 is 10.6 Å². The second-order valence-electron chi connectivity index (χ2n) is 6.81. The highest BCUT2D eigenvalue weighted by Crippen LogP contribution is 2.26. The largest absolute Gasteiger partial charge is 0.340 e. The van der Waals surface area contributed by atoms with Crippen molar-refractivity contribution in [3.05, 3.63) is 29.8 Å². The zero-order valence-electron chi connectivity index (χ0n) is 13.7. The molecule has 1 aromatic rings. The van der Waals surface area contributed by atoms with Crippen LogP contribution in [0.5, 0.6) is 0 Å². The molecule has 0 spiro atoms. The van der Waals surface area contributed by atoms with Gasteiger partial charge in [0.1, 0.15) is 0 Å². The minimum atomic E-state index is 0. The number of rotatable bonds is 3. The lowest BCUT2D eigenvalue weighted by Gasteiger charge is -2.30. The van der Waals surface area contributed by atoms with Gasteiger partial charge in [0, 0.05) is 24.0 Å². The molecule has 1 saturated heterocycles. The van der Waals surface area contributed by atoms with Gasteiger partial charge in [0.25, 0.3) is 0 Å². The number of hydrogen-bond acceptors (Lipinski definition) is 3. The Balaban J connectivity index is 0.00000242. The highest BCUT2D eigenvalue weighted by Gasteiger charge is 2.21. The summed E-state index contributed by atoms with van der Waals surface area (Å²) >= 11 is 1.61. The van der Waals surface area contributed by atoms with Crippen molar-refractivity contribution in [1.29, 1.82) is 0 Å². The van der Waals surface area contributed by atoms with Crippen LogP contribution < -0.4 is 5.73 Å². The van der Waals surface area contributed by atoms with Crippen molar-refractivity contribution in [2.24, 2.45) is 5.73 Å². The SMILES string of the molecule is CC(C)(C)c1ccc(SCC(=O)N2CCCC(N)C2)cc1.Cl. The lowest BCUT2D eigenvalue weighted by atomic mass is 9.87. The molecule has 0 saturated carbocycles. The first-order chi connectivity index (χ1) is 9.86. The van der Waals surface area contributed by atoms with E-state index in [1.54, 1.807) is 11.8 Å². The molecule has 22 heavy (non-hydrogen) atoms. The predicted molar refractivity (Wildman–Crippen MR) is 96.9 cm³/mol. The fourth-order valence-electron chi connectivity index (χ4n) is 2.52. The summed E-state index contributed by atoms with van der Waals surface area (Å²) in [6.45, 7) is 8.19. The van der Waals surface area contributed by atoms with E-state index < -0.39 is 0 Å². The van der Waals surface area contributed by atoms with E-state index in [4.69, 9.17) is 5.73 Å². The number of nitrogens with zero attached hydrogens (tertiary/aromatic N) is 1. The molecular formula is C17H27ClN2OS. The Morgan fingerprint density at radius 2 is 1.95 bits per heavy atom. The molecule has 0 bridgehead atoms. The number of halogens is 1. The van der Waals surface area contributed by atoms with E-state index in [0.717, 1.165) is 24.3 Å². The summed E-state index contributed by atoms with van der Waals surface area (Å²) in [7, 11) is 0. The number of piperidine rings is 1. The number of nitrogens with two attached hydrogens (primary N) is 1. The summed E-state index contributed by atoms with van der Waals surface area (Å²) in [6.07, 6.45) is 2.06. The molecule has 1 aromatic carbocycles. The molecule has 5 heteroatoms. The lowest BCUT2D eigenvalue weighted by Crippen LogP contribution is -2.46. The Hall–Kier alpha value is -0.710. The molecule has 0 radical (unpaired) electrons. The van der Waals surface area contributed by atoms with Crippen LogP contribution in [0.1, 0.15) is 39.2 Å². The Morgan fingerprint density at radius 1 is 1.32 bits per heavy atom. The maximum atomic E-state index is 12.2. The molecule has 0 aliphatic carbocycles. The van der Waals surface area contributed by atoms with Gasteiger partial charge in [-0.25, -0.2) is 0 Å². The molecule has 1 amide bonds. The maximum Gasteiger partial charge on any atom is 0.232 e. The van der Waals surface area contributed by atoms with Crippen LogP contribution >= 0.6 is 24.2 Å². The molecule has 2 N–H and O–H groups in total. The summed E-state index contributed by atoms with van der Waals surface area (Å²) in [6, 6.07) is 8.69. The molecule has 1 fully saturated rings.